The smallest absolute Gasteiger partial charge is 0.321 e. The third-order valence-corrected chi connectivity index (χ3v) is 6.94. The minimum Gasteiger partial charge on any atom is -0.457 e. The van der Waals surface area contributed by atoms with Crippen LogP contribution in [-0.2, 0) is 4.74 Å². The predicted molar refractivity (Wildman–Crippen MR) is 128 cm³/mol. The largest absolute Gasteiger partial charge is 0.457 e. The van der Waals surface area contributed by atoms with Gasteiger partial charge in [0, 0.05) is 40.5 Å². The molecule has 34 heavy (non-hydrogen) atoms. The summed E-state index contributed by atoms with van der Waals surface area (Å²) < 4.78 is 26.0. The van der Waals surface area contributed by atoms with Crippen LogP contribution in [0.3, 0.4) is 0 Å². The van der Waals surface area contributed by atoms with Crippen LogP contribution in [-0.4, -0.2) is 52.8 Å². The first kappa shape index (κ1) is 21.0. The highest BCUT2D eigenvalue weighted by Gasteiger charge is 2.25. The van der Waals surface area contributed by atoms with Gasteiger partial charge in [-0.25, -0.2) is 4.98 Å². The number of nitrogens with one attached hydrogen (secondary N) is 3. The second-order valence-electron chi connectivity index (χ2n) is 8.35. The van der Waals surface area contributed by atoms with Gasteiger partial charge in [-0.15, -0.1) is 11.3 Å². The summed E-state index contributed by atoms with van der Waals surface area (Å²) in [6, 6.07) is 8.81. The molecule has 3 N–H and O–H groups in total. The number of ether oxygens (including phenoxy) is 2. The Balaban J connectivity index is 1.33. The van der Waals surface area contributed by atoms with Crippen molar-refractivity contribution in [3.8, 4) is 6.01 Å². The number of anilines is 3. The van der Waals surface area contributed by atoms with Crippen LogP contribution in [0.15, 0.2) is 30.3 Å². The number of hydrogen-bond donors (Lipinski definition) is 3. The van der Waals surface area contributed by atoms with Crippen LogP contribution in [0.2, 0.25) is 0 Å². The molecule has 2 aliphatic rings. The van der Waals surface area contributed by atoms with Gasteiger partial charge in [0.15, 0.2) is 0 Å². The maximum Gasteiger partial charge on any atom is 0.321 e. The number of nitrogens with zero attached hydrogens (tertiary/aromatic N) is 3. The summed E-state index contributed by atoms with van der Waals surface area (Å²) in [5.74, 6) is -0.0265. The summed E-state index contributed by atoms with van der Waals surface area (Å²) in [5.41, 5.74) is 1.58. The number of amides is 1. The molecule has 1 saturated heterocycles. The van der Waals surface area contributed by atoms with E-state index >= 15 is 0 Å². The lowest BCUT2D eigenvalue weighted by Crippen LogP contribution is -2.34. The van der Waals surface area contributed by atoms with Gasteiger partial charge in [0.2, 0.25) is 5.95 Å². The quantitative estimate of drug-likeness (QED) is 0.378. The van der Waals surface area contributed by atoms with Gasteiger partial charge in [-0.1, -0.05) is 0 Å². The topological polar surface area (TPSA) is 110 Å². The van der Waals surface area contributed by atoms with Gasteiger partial charge < -0.3 is 25.4 Å². The predicted octanol–water partition coefficient (Wildman–Crippen LogP) is 3.83. The van der Waals surface area contributed by atoms with Crippen LogP contribution in [0.25, 0.3) is 21.0 Å². The van der Waals surface area contributed by atoms with E-state index in [1.54, 1.807) is 6.07 Å². The summed E-state index contributed by atoms with van der Waals surface area (Å²) >= 11 is 1.46. The van der Waals surface area contributed by atoms with E-state index < -0.39 is 5.95 Å². The number of pyridine rings is 1. The zero-order valence-electron chi connectivity index (χ0n) is 18.2. The molecule has 174 valence electrons. The molecule has 6 rings (SSSR count). The number of hydrogen-bond acceptors (Lipinski definition) is 9. The number of thiophene rings is 1. The van der Waals surface area contributed by atoms with E-state index in [9.17, 15) is 9.18 Å². The SMILES string of the molecule is CC1CNc2c(sc3ccc4nc(Nc5cc(F)nc(O[C@@H]6CCOC6)n5)ccc4c23)C(=O)N1. The molecular weight excluding hydrogens is 459 g/mol. The summed E-state index contributed by atoms with van der Waals surface area (Å²) in [6.07, 6.45) is 0.528. The van der Waals surface area contributed by atoms with E-state index in [2.05, 4.69) is 25.9 Å². The lowest BCUT2D eigenvalue weighted by molar-refractivity contribution is 0.0949. The molecular formula is C23H21FN6O3S. The Labute approximate surface area is 197 Å². The van der Waals surface area contributed by atoms with Gasteiger partial charge >= 0.3 is 6.01 Å². The molecule has 0 saturated carbocycles. The number of benzene rings is 1. The molecule has 4 aromatic rings. The number of carbonyl (C=O) groups is 1. The van der Waals surface area contributed by atoms with Gasteiger partial charge in [-0.2, -0.15) is 14.4 Å². The molecule has 11 heteroatoms. The second-order valence-corrected chi connectivity index (χ2v) is 9.40. The van der Waals surface area contributed by atoms with Crippen LogP contribution >= 0.6 is 11.3 Å². The Hall–Kier alpha value is -3.57. The minimum atomic E-state index is -0.701. The number of carbonyl (C=O) groups excluding carboxylic acids is 1. The average Bonchev–Trinajstić information content (AvgIpc) is 3.42. The van der Waals surface area contributed by atoms with Crippen LogP contribution in [0, 0.1) is 5.95 Å². The maximum absolute atomic E-state index is 14.1. The van der Waals surface area contributed by atoms with Gasteiger partial charge in [0.05, 0.1) is 24.4 Å². The fourth-order valence-corrected chi connectivity index (χ4v) is 5.29. The molecule has 1 unspecified atom stereocenters. The van der Waals surface area contributed by atoms with Crippen molar-refractivity contribution in [2.75, 3.05) is 30.4 Å². The summed E-state index contributed by atoms with van der Waals surface area (Å²) in [6.45, 7) is 3.65. The number of rotatable bonds is 4. The highest BCUT2D eigenvalue weighted by molar-refractivity contribution is 7.21. The van der Waals surface area contributed by atoms with E-state index in [-0.39, 0.29) is 29.9 Å². The third-order valence-electron chi connectivity index (χ3n) is 5.78. The molecule has 9 nitrogen and oxygen atoms in total. The van der Waals surface area contributed by atoms with Crippen LogP contribution in [0.5, 0.6) is 6.01 Å². The number of aromatic nitrogens is 3. The summed E-state index contributed by atoms with van der Waals surface area (Å²) in [7, 11) is 0. The number of halogens is 1. The third kappa shape index (κ3) is 3.86. The van der Waals surface area contributed by atoms with Crippen molar-refractivity contribution in [2.24, 2.45) is 0 Å². The molecule has 5 heterocycles. The Morgan fingerprint density at radius 2 is 2.12 bits per heavy atom. The minimum absolute atomic E-state index is 0.0365. The lowest BCUT2D eigenvalue weighted by atomic mass is 10.1. The maximum atomic E-state index is 14.1. The first-order valence-corrected chi connectivity index (χ1v) is 11.8. The van der Waals surface area contributed by atoms with Crippen molar-refractivity contribution in [1.29, 1.82) is 0 Å². The van der Waals surface area contributed by atoms with Gasteiger partial charge in [0.1, 0.15) is 22.6 Å². The molecule has 2 aliphatic heterocycles. The summed E-state index contributed by atoms with van der Waals surface area (Å²) in [4.78, 5) is 26.0. The van der Waals surface area contributed by atoms with E-state index in [0.717, 1.165) is 26.7 Å². The van der Waals surface area contributed by atoms with Gasteiger partial charge in [0.25, 0.3) is 5.91 Å². The Bertz CT molecular complexity index is 1420. The second kappa shape index (κ2) is 8.33. The highest BCUT2D eigenvalue weighted by Crippen LogP contribution is 2.41. The van der Waals surface area contributed by atoms with Crippen molar-refractivity contribution < 1.29 is 18.7 Å². The van der Waals surface area contributed by atoms with Crippen molar-refractivity contribution in [1.82, 2.24) is 20.3 Å². The number of fused-ring (bicyclic) bond motifs is 5. The van der Waals surface area contributed by atoms with E-state index in [4.69, 9.17) is 14.5 Å². The first-order valence-electron chi connectivity index (χ1n) is 11.0. The van der Waals surface area contributed by atoms with Crippen molar-refractivity contribution in [3.63, 3.8) is 0 Å². The van der Waals surface area contributed by atoms with Crippen molar-refractivity contribution in [3.05, 3.63) is 41.2 Å². The van der Waals surface area contributed by atoms with Crippen molar-refractivity contribution >= 4 is 55.6 Å². The zero-order valence-corrected chi connectivity index (χ0v) is 19.0. The fraction of sp³-hybridized carbons (Fsp3) is 0.304. The van der Waals surface area contributed by atoms with E-state index in [1.807, 2.05) is 25.1 Å². The molecule has 3 aromatic heterocycles. The lowest BCUT2D eigenvalue weighted by Gasteiger charge is -2.12. The molecule has 0 radical (unpaired) electrons. The molecule has 0 bridgehead atoms. The van der Waals surface area contributed by atoms with E-state index in [0.29, 0.717) is 36.9 Å². The average molecular weight is 481 g/mol. The fourth-order valence-electron chi connectivity index (χ4n) is 4.19. The Morgan fingerprint density at radius 1 is 1.21 bits per heavy atom. The first-order chi connectivity index (χ1) is 16.5. The molecule has 1 fully saturated rings. The van der Waals surface area contributed by atoms with Crippen molar-refractivity contribution in [2.45, 2.75) is 25.5 Å². The monoisotopic (exact) mass is 480 g/mol. The summed E-state index contributed by atoms with van der Waals surface area (Å²) in [5, 5.41) is 11.4. The van der Waals surface area contributed by atoms with Crippen LogP contribution < -0.4 is 20.7 Å². The van der Waals surface area contributed by atoms with Gasteiger partial charge in [-0.05, 0) is 31.2 Å². The Kier molecular flexibility index (Phi) is 5.15. The molecule has 1 amide bonds. The van der Waals surface area contributed by atoms with Gasteiger partial charge in [-0.3, -0.25) is 4.79 Å². The molecule has 0 aliphatic carbocycles. The standard InChI is InChI=1S/C23H21FN6O3S/c1-11-9-25-20-19-13-2-5-17(27-14(13)3-4-15(19)34-21(20)22(31)26-11)29-18-8-16(24)28-23(30-18)33-12-6-7-32-10-12/h2-5,8,11-12,25H,6-7,9-10H2,1H3,(H,26,31)(H,27,28,29,30)/t11?,12-/m1/s1. The molecule has 2 atom stereocenters. The highest BCUT2D eigenvalue weighted by atomic mass is 32.1. The zero-order chi connectivity index (χ0) is 23.2. The van der Waals surface area contributed by atoms with E-state index in [1.165, 1.54) is 17.4 Å². The van der Waals surface area contributed by atoms with Crippen LogP contribution in [0.4, 0.5) is 21.7 Å². The molecule has 1 aromatic carbocycles. The molecule has 0 spiro atoms. The normalized spacial score (nSPS) is 20.0. The Morgan fingerprint density at radius 3 is 2.97 bits per heavy atom. The van der Waals surface area contributed by atoms with Crippen LogP contribution in [0.1, 0.15) is 23.0 Å².